The second-order valence-corrected chi connectivity index (χ2v) is 7.08. The van der Waals surface area contributed by atoms with Crippen molar-refractivity contribution in [2.75, 3.05) is 5.73 Å². The number of benzene rings is 1. The van der Waals surface area contributed by atoms with Crippen LogP contribution in [0.5, 0.6) is 0 Å². The lowest BCUT2D eigenvalue weighted by molar-refractivity contribution is 0.437. The largest absolute Gasteiger partial charge is 0.380 e. The van der Waals surface area contributed by atoms with Crippen LogP contribution in [-0.2, 0) is 0 Å². The lowest BCUT2D eigenvalue weighted by Crippen LogP contribution is -1.88. The molecule has 0 radical (unpaired) electrons. The van der Waals surface area contributed by atoms with Crippen LogP contribution < -0.4 is 5.73 Å². The Morgan fingerprint density at radius 3 is 2.70 bits per heavy atom. The van der Waals surface area contributed by atoms with E-state index in [1.54, 1.807) is 11.3 Å². The molecule has 0 spiro atoms. The van der Waals surface area contributed by atoms with E-state index in [0.717, 1.165) is 25.6 Å². The number of thiophene rings is 1. The fourth-order valence-corrected chi connectivity index (χ4v) is 3.64. The zero-order valence-electron chi connectivity index (χ0n) is 11.1. The van der Waals surface area contributed by atoms with E-state index in [4.69, 9.17) is 10.3 Å². The third kappa shape index (κ3) is 2.27. The van der Waals surface area contributed by atoms with E-state index >= 15 is 0 Å². The molecule has 0 amide bonds. The Hall–Kier alpha value is -1.59. The summed E-state index contributed by atoms with van der Waals surface area (Å²) in [5.74, 6) is 1.15. The molecule has 0 bridgehead atoms. The van der Waals surface area contributed by atoms with Crippen molar-refractivity contribution in [1.29, 1.82) is 0 Å². The van der Waals surface area contributed by atoms with Crippen molar-refractivity contribution in [3.05, 3.63) is 45.2 Å². The standard InChI is InChI=1S/C15H13BrN2OS/c1-8-4-3-5-10(6-8)12-13(19-18-15(12)17)11-7-9(2)14(16)20-11/h3-7H,1-2H3,(H2,17,18). The molecule has 3 rings (SSSR count). The number of nitrogen functional groups attached to an aromatic ring is 1. The Bertz CT molecular complexity index is 757. The quantitative estimate of drug-likeness (QED) is 0.706. The SMILES string of the molecule is Cc1cccc(-c2c(N)noc2-c2cc(C)c(Br)s2)c1. The molecule has 0 aliphatic carbocycles. The number of rotatable bonds is 2. The first kappa shape index (κ1) is 13.4. The number of nitrogens with zero attached hydrogens (tertiary/aromatic N) is 1. The molecule has 3 nitrogen and oxygen atoms in total. The molecule has 0 unspecified atom stereocenters. The molecular weight excluding hydrogens is 336 g/mol. The van der Waals surface area contributed by atoms with Crippen molar-refractivity contribution >= 4 is 33.1 Å². The maximum absolute atomic E-state index is 5.99. The van der Waals surface area contributed by atoms with Crippen molar-refractivity contribution < 1.29 is 4.52 Å². The van der Waals surface area contributed by atoms with Crippen LogP contribution in [0.4, 0.5) is 5.82 Å². The maximum atomic E-state index is 5.99. The molecule has 2 aromatic heterocycles. The molecule has 3 aromatic rings. The first-order chi connectivity index (χ1) is 9.56. The van der Waals surface area contributed by atoms with Crippen LogP contribution in [0.3, 0.4) is 0 Å². The number of hydrogen-bond acceptors (Lipinski definition) is 4. The number of nitrogens with two attached hydrogens (primary N) is 1. The van der Waals surface area contributed by atoms with Gasteiger partial charge >= 0.3 is 0 Å². The van der Waals surface area contributed by atoms with Crippen LogP contribution in [0.15, 0.2) is 38.6 Å². The summed E-state index contributed by atoms with van der Waals surface area (Å²) in [6, 6.07) is 10.3. The average Bonchev–Trinajstić information content (AvgIpc) is 2.93. The van der Waals surface area contributed by atoms with E-state index in [1.807, 2.05) is 12.1 Å². The van der Waals surface area contributed by atoms with Crippen molar-refractivity contribution in [3.63, 3.8) is 0 Å². The van der Waals surface area contributed by atoms with Gasteiger partial charge in [0, 0.05) is 0 Å². The van der Waals surface area contributed by atoms with Crippen molar-refractivity contribution in [2.24, 2.45) is 0 Å². The van der Waals surface area contributed by atoms with Crippen molar-refractivity contribution in [1.82, 2.24) is 5.16 Å². The molecule has 2 heterocycles. The predicted molar refractivity (Wildman–Crippen MR) is 86.8 cm³/mol. The second-order valence-electron chi connectivity index (χ2n) is 4.71. The molecule has 0 aliphatic heterocycles. The Labute approximate surface area is 129 Å². The van der Waals surface area contributed by atoms with Gasteiger partial charge in [0.2, 0.25) is 0 Å². The third-order valence-electron chi connectivity index (χ3n) is 3.11. The minimum atomic E-state index is 0.424. The van der Waals surface area contributed by atoms with Gasteiger partial charge in [-0.3, -0.25) is 0 Å². The van der Waals surface area contributed by atoms with E-state index in [1.165, 1.54) is 11.1 Å². The molecule has 0 atom stereocenters. The predicted octanol–water partition coefficient (Wildman–Crippen LogP) is 5.03. The van der Waals surface area contributed by atoms with Gasteiger partial charge in [0.25, 0.3) is 0 Å². The minimum Gasteiger partial charge on any atom is -0.380 e. The highest BCUT2D eigenvalue weighted by Gasteiger charge is 2.20. The molecular formula is C15H13BrN2OS. The molecule has 1 aromatic carbocycles. The molecule has 0 saturated carbocycles. The van der Waals surface area contributed by atoms with Gasteiger partial charge in [-0.15, -0.1) is 11.3 Å². The van der Waals surface area contributed by atoms with Crippen LogP contribution in [-0.4, -0.2) is 5.16 Å². The highest BCUT2D eigenvalue weighted by atomic mass is 79.9. The molecule has 20 heavy (non-hydrogen) atoms. The fourth-order valence-electron chi connectivity index (χ4n) is 2.12. The summed E-state index contributed by atoms with van der Waals surface area (Å²) in [7, 11) is 0. The Morgan fingerprint density at radius 2 is 2.05 bits per heavy atom. The second kappa shape index (κ2) is 5.07. The highest BCUT2D eigenvalue weighted by Crippen LogP contribution is 2.42. The van der Waals surface area contributed by atoms with Crippen molar-refractivity contribution in [2.45, 2.75) is 13.8 Å². The molecule has 5 heteroatoms. The van der Waals surface area contributed by atoms with Crippen LogP contribution in [0.2, 0.25) is 0 Å². The average molecular weight is 349 g/mol. The monoisotopic (exact) mass is 348 g/mol. The van der Waals surface area contributed by atoms with Gasteiger partial charge in [0.1, 0.15) is 0 Å². The first-order valence-corrected chi connectivity index (χ1v) is 7.75. The highest BCUT2D eigenvalue weighted by molar-refractivity contribution is 9.11. The number of hydrogen-bond donors (Lipinski definition) is 1. The summed E-state index contributed by atoms with van der Waals surface area (Å²) >= 11 is 5.16. The summed E-state index contributed by atoms with van der Waals surface area (Å²) in [6.07, 6.45) is 0. The van der Waals surface area contributed by atoms with Crippen LogP contribution in [0.1, 0.15) is 11.1 Å². The van der Waals surface area contributed by atoms with E-state index < -0.39 is 0 Å². The zero-order chi connectivity index (χ0) is 14.3. The zero-order valence-corrected chi connectivity index (χ0v) is 13.5. The van der Waals surface area contributed by atoms with Crippen LogP contribution in [0, 0.1) is 13.8 Å². The van der Waals surface area contributed by atoms with Crippen LogP contribution in [0.25, 0.3) is 21.8 Å². The first-order valence-electron chi connectivity index (χ1n) is 6.14. The third-order valence-corrected chi connectivity index (χ3v) is 5.24. The normalized spacial score (nSPS) is 10.9. The smallest absolute Gasteiger partial charge is 0.186 e. The summed E-state index contributed by atoms with van der Waals surface area (Å²) < 4.78 is 6.55. The molecule has 0 saturated heterocycles. The van der Waals surface area contributed by atoms with Gasteiger partial charge in [-0.1, -0.05) is 35.0 Å². The summed E-state index contributed by atoms with van der Waals surface area (Å²) in [5.41, 5.74) is 10.2. The van der Waals surface area contributed by atoms with Gasteiger partial charge in [-0.25, -0.2) is 0 Å². The van der Waals surface area contributed by atoms with E-state index in [0.29, 0.717) is 5.82 Å². The summed E-state index contributed by atoms with van der Waals surface area (Å²) in [5, 5.41) is 3.93. The van der Waals surface area contributed by atoms with E-state index in [-0.39, 0.29) is 0 Å². The van der Waals surface area contributed by atoms with Gasteiger partial charge in [-0.05, 0) is 47.0 Å². The van der Waals surface area contributed by atoms with E-state index in [2.05, 4.69) is 53.1 Å². The lowest BCUT2D eigenvalue weighted by Gasteiger charge is -2.02. The number of aromatic nitrogens is 1. The Morgan fingerprint density at radius 1 is 1.25 bits per heavy atom. The molecule has 0 aliphatic rings. The maximum Gasteiger partial charge on any atom is 0.186 e. The Kier molecular flexibility index (Phi) is 3.40. The van der Waals surface area contributed by atoms with Gasteiger partial charge in [0.15, 0.2) is 11.6 Å². The number of aryl methyl sites for hydroxylation is 2. The molecule has 0 fully saturated rings. The number of anilines is 1. The lowest BCUT2D eigenvalue weighted by atomic mass is 10.0. The van der Waals surface area contributed by atoms with Gasteiger partial charge in [-0.2, -0.15) is 0 Å². The molecule has 102 valence electrons. The summed E-state index contributed by atoms with van der Waals surface area (Å²) in [6.45, 7) is 4.11. The van der Waals surface area contributed by atoms with Crippen molar-refractivity contribution in [3.8, 4) is 21.8 Å². The van der Waals surface area contributed by atoms with Gasteiger partial charge in [0.05, 0.1) is 14.2 Å². The number of halogens is 1. The minimum absolute atomic E-state index is 0.424. The Balaban J connectivity index is 2.19. The topological polar surface area (TPSA) is 52.0 Å². The van der Waals surface area contributed by atoms with E-state index in [9.17, 15) is 0 Å². The van der Waals surface area contributed by atoms with Gasteiger partial charge < -0.3 is 10.3 Å². The fraction of sp³-hybridized carbons (Fsp3) is 0.133. The van der Waals surface area contributed by atoms with Crippen LogP contribution >= 0.6 is 27.3 Å². The molecule has 2 N–H and O–H groups in total. The summed E-state index contributed by atoms with van der Waals surface area (Å²) in [4.78, 5) is 1.02.